The molecular weight excluding hydrogens is 210 g/mol. The Bertz CT molecular complexity index is 321. The first kappa shape index (κ1) is 12.0. The quantitative estimate of drug-likeness (QED) is 0.780. The Balaban J connectivity index is 2.55. The van der Waals surface area contributed by atoms with E-state index in [1.54, 1.807) is 6.07 Å². The summed E-state index contributed by atoms with van der Waals surface area (Å²) in [5.74, 6) is -0.494. The molecule has 0 aliphatic carbocycles. The van der Waals surface area contributed by atoms with Crippen LogP contribution in [0.3, 0.4) is 0 Å². The van der Waals surface area contributed by atoms with Crippen molar-refractivity contribution in [2.75, 3.05) is 0 Å². The minimum atomic E-state index is -4.41. The first-order valence-electron chi connectivity index (χ1n) is 4.47. The molecule has 1 atom stereocenters. The molecule has 0 fully saturated rings. The van der Waals surface area contributed by atoms with Gasteiger partial charge in [-0.05, 0) is 24.5 Å². The maximum absolute atomic E-state index is 13.0. The van der Waals surface area contributed by atoms with Crippen LogP contribution < -0.4 is 5.73 Å². The van der Waals surface area contributed by atoms with E-state index in [4.69, 9.17) is 5.73 Å². The molecule has 0 saturated heterocycles. The van der Waals surface area contributed by atoms with E-state index in [1.807, 2.05) is 0 Å². The number of alkyl halides is 3. The Kier molecular flexibility index (Phi) is 3.68. The molecule has 0 saturated carbocycles. The lowest BCUT2D eigenvalue weighted by Crippen LogP contribution is -2.37. The summed E-state index contributed by atoms with van der Waals surface area (Å²) in [6, 6.07) is 3.85. The van der Waals surface area contributed by atoms with Gasteiger partial charge in [0.05, 0.1) is 0 Å². The van der Waals surface area contributed by atoms with E-state index in [9.17, 15) is 17.6 Å². The fourth-order valence-corrected chi connectivity index (χ4v) is 1.18. The molecule has 1 aromatic rings. The Labute approximate surface area is 84.9 Å². The van der Waals surface area contributed by atoms with Gasteiger partial charge in [0.1, 0.15) is 11.9 Å². The summed E-state index contributed by atoms with van der Waals surface area (Å²) in [6.07, 6.45) is -4.72. The van der Waals surface area contributed by atoms with Crippen molar-refractivity contribution < 1.29 is 17.6 Å². The lowest BCUT2D eigenvalue weighted by molar-refractivity contribution is -0.148. The summed E-state index contributed by atoms with van der Waals surface area (Å²) < 4.78 is 49.1. The molecule has 5 heteroatoms. The van der Waals surface area contributed by atoms with Crippen LogP contribution >= 0.6 is 0 Å². The van der Waals surface area contributed by atoms with Crippen LogP contribution in [0.5, 0.6) is 0 Å². The molecule has 84 valence electrons. The molecule has 1 unspecified atom stereocenters. The monoisotopic (exact) mass is 221 g/mol. The first-order valence-corrected chi connectivity index (χ1v) is 4.47. The fourth-order valence-electron chi connectivity index (χ4n) is 1.18. The molecule has 2 N–H and O–H groups in total. The predicted octanol–water partition coefficient (Wildman–Crippen LogP) is 2.65. The molecule has 0 spiro atoms. The van der Waals surface area contributed by atoms with Gasteiger partial charge in [0.25, 0.3) is 0 Å². The largest absolute Gasteiger partial charge is 0.403 e. The van der Waals surface area contributed by atoms with Gasteiger partial charge in [-0.2, -0.15) is 13.2 Å². The van der Waals surface area contributed by atoms with E-state index in [2.05, 4.69) is 0 Å². The smallest absolute Gasteiger partial charge is 0.320 e. The Hall–Kier alpha value is -1.10. The Morgan fingerprint density at radius 2 is 1.80 bits per heavy atom. The molecule has 0 aliphatic rings. The molecule has 1 rings (SSSR count). The van der Waals surface area contributed by atoms with E-state index in [0.29, 0.717) is 0 Å². The third-order valence-corrected chi connectivity index (χ3v) is 2.10. The van der Waals surface area contributed by atoms with Gasteiger partial charge >= 0.3 is 6.18 Å². The number of nitrogens with two attached hydrogens (primary N) is 1. The molecule has 0 amide bonds. The average molecular weight is 221 g/mol. The summed E-state index contributed by atoms with van der Waals surface area (Å²) in [6.45, 7) is 0. The van der Waals surface area contributed by atoms with Gasteiger partial charge in [-0.3, -0.25) is 0 Å². The van der Waals surface area contributed by atoms with E-state index in [-0.39, 0.29) is 18.4 Å². The summed E-state index contributed by atoms with van der Waals surface area (Å²) in [5, 5.41) is 0. The van der Waals surface area contributed by atoms with Crippen molar-refractivity contribution in [2.24, 2.45) is 5.73 Å². The number of hydrogen-bond acceptors (Lipinski definition) is 1. The van der Waals surface area contributed by atoms with Crippen molar-refractivity contribution in [3.05, 3.63) is 35.6 Å². The van der Waals surface area contributed by atoms with Crippen LogP contribution in [0, 0.1) is 5.82 Å². The van der Waals surface area contributed by atoms with Crippen LogP contribution in [-0.2, 0) is 6.42 Å². The van der Waals surface area contributed by atoms with Crippen LogP contribution in [0.25, 0.3) is 0 Å². The minimum Gasteiger partial charge on any atom is -0.320 e. The second-order valence-electron chi connectivity index (χ2n) is 3.28. The third kappa shape index (κ3) is 3.51. The van der Waals surface area contributed by atoms with Crippen molar-refractivity contribution in [3.63, 3.8) is 0 Å². The first-order chi connectivity index (χ1) is 6.91. The zero-order chi connectivity index (χ0) is 11.5. The van der Waals surface area contributed by atoms with Gasteiger partial charge in [-0.15, -0.1) is 0 Å². The predicted molar refractivity (Wildman–Crippen MR) is 48.8 cm³/mol. The van der Waals surface area contributed by atoms with Crippen LogP contribution in [0.15, 0.2) is 24.3 Å². The van der Waals surface area contributed by atoms with Crippen molar-refractivity contribution in [3.8, 4) is 0 Å². The number of hydrogen-bond donors (Lipinski definition) is 1. The van der Waals surface area contributed by atoms with Crippen molar-refractivity contribution in [1.29, 1.82) is 0 Å². The van der Waals surface area contributed by atoms with Crippen LogP contribution in [0.4, 0.5) is 17.6 Å². The molecule has 0 aliphatic heterocycles. The zero-order valence-electron chi connectivity index (χ0n) is 7.89. The van der Waals surface area contributed by atoms with Crippen molar-refractivity contribution >= 4 is 0 Å². The van der Waals surface area contributed by atoms with Gasteiger partial charge in [0.15, 0.2) is 0 Å². The minimum absolute atomic E-state index is 0.00660. The van der Waals surface area contributed by atoms with Crippen LogP contribution in [0.2, 0.25) is 0 Å². The highest BCUT2D eigenvalue weighted by atomic mass is 19.4. The van der Waals surface area contributed by atoms with E-state index in [1.165, 1.54) is 18.2 Å². The second kappa shape index (κ2) is 4.61. The van der Waals surface area contributed by atoms with Gasteiger partial charge < -0.3 is 5.73 Å². The number of halogens is 4. The molecule has 1 nitrogen and oxygen atoms in total. The summed E-state index contributed by atoms with van der Waals surface area (Å²) in [5.41, 5.74) is 5.16. The van der Waals surface area contributed by atoms with E-state index >= 15 is 0 Å². The SMILES string of the molecule is NC(CCc1ccccc1F)C(F)(F)F. The highest BCUT2D eigenvalue weighted by Crippen LogP contribution is 2.22. The van der Waals surface area contributed by atoms with Gasteiger partial charge in [-0.25, -0.2) is 4.39 Å². The van der Waals surface area contributed by atoms with Gasteiger partial charge in [0, 0.05) is 0 Å². The average Bonchev–Trinajstić information content (AvgIpc) is 2.14. The summed E-state index contributed by atoms with van der Waals surface area (Å²) >= 11 is 0. The second-order valence-corrected chi connectivity index (χ2v) is 3.28. The number of benzene rings is 1. The molecule has 0 radical (unpaired) electrons. The topological polar surface area (TPSA) is 26.0 Å². The van der Waals surface area contributed by atoms with Crippen LogP contribution in [0.1, 0.15) is 12.0 Å². The van der Waals surface area contributed by atoms with E-state index in [0.717, 1.165) is 0 Å². The molecular formula is C10H11F4N. The Morgan fingerprint density at radius 3 is 2.33 bits per heavy atom. The lowest BCUT2D eigenvalue weighted by Gasteiger charge is -2.15. The lowest BCUT2D eigenvalue weighted by atomic mass is 10.1. The molecule has 0 bridgehead atoms. The number of aryl methyl sites for hydroxylation is 1. The molecule has 0 aromatic heterocycles. The summed E-state index contributed by atoms with van der Waals surface area (Å²) in [4.78, 5) is 0. The molecule has 15 heavy (non-hydrogen) atoms. The fraction of sp³-hybridized carbons (Fsp3) is 0.400. The third-order valence-electron chi connectivity index (χ3n) is 2.10. The van der Waals surface area contributed by atoms with Gasteiger partial charge in [-0.1, -0.05) is 18.2 Å². The zero-order valence-corrected chi connectivity index (χ0v) is 7.89. The normalized spacial score (nSPS) is 13.9. The summed E-state index contributed by atoms with van der Waals surface area (Å²) in [7, 11) is 0. The highest BCUT2D eigenvalue weighted by molar-refractivity contribution is 5.17. The van der Waals surface area contributed by atoms with Crippen LogP contribution in [-0.4, -0.2) is 12.2 Å². The molecule has 0 heterocycles. The van der Waals surface area contributed by atoms with Gasteiger partial charge in [0.2, 0.25) is 0 Å². The van der Waals surface area contributed by atoms with E-state index < -0.39 is 18.0 Å². The van der Waals surface area contributed by atoms with Crippen molar-refractivity contribution in [1.82, 2.24) is 0 Å². The Morgan fingerprint density at radius 1 is 1.20 bits per heavy atom. The standard InChI is InChI=1S/C10H11F4N/c11-8-4-2-1-3-7(8)5-6-9(15)10(12,13)14/h1-4,9H,5-6,15H2. The maximum Gasteiger partial charge on any atom is 0.403 e. The number of rotatable bonds is 3. The van der Waals surface area contributed by atoms with Crippen molar-refractivity contribution in [2.45, 2.75) is 25.1 Å². The highest BCUT2D eigenvalue weighted by Gasteiger charge is 2.36. The molecule has 1 aromatic carbocycles. The maximum atomic E-state index is 13.0.